The average molecular weight is 404 g/mol. The second kappa shape index (κ2) is 6.50. The van der Waals surface area contributed by atoms with Gasteiger partial charge in [0.15, 0.2) is 26.1 Å². The van der Waals surface area contributed by atoms with E-state index in [0.29, 0.717) is 16.3 Å². The first kappa shape index (κ1) is 17.7. The second-order valence-electron chi connectivity index (χ2n) is 6.16. The molecule has 0 fully saturated rings. The molecule has 0 N–H and O–H groups in total. The smallest absolute Gasteiger partial charge is 0.292 e. The number of benzene rings is 2. The molecule has 0 unspecified atom stereocenters. The van der Waals surface area contributed by atoms with Crippen molar-refractivity contribution in [3.8, 4) is 11.5 Å². The van der Waals surface area contributed by atoms with E-state index in [9.17, 15) is 13.2 Å². The summed E-state index contributed by atoms with van der Waals surface area (Å²) in [5, 5.41) is 0. The summed E-state index contributed by atoms with van der Waals surface area (Å²) in [6.07, 6.45) is 0.339. The van der Waals surface area contributed by atoms with Crippen molar-refractivity contribution in [3.63, 3.8) is 0 Å². The molecule has 0 spiro atoms. The summed E-state index contributed by atoms with van der Waals surface area (Å²) in [7, 11) is -1.53. The highest BCUT2D eigenvalue weighted by Crippen LogP contribution is 2.31. The summed E-state index contributed by atoms with van der Waals surface area (Å²) in [5.74, 6) is 0.660. The van der Waals surface area contributed by atoms with Crippen molar-refractivity contribution in [3.05, 3.63) is 47.3 Å². The highest BCUT2D eigenvalue weighted by molar-refractivity contribution is 7.90. The Morgan fingerprint density at radius 3 is 2.70 bits per heavy atom. The Kier molecular flexibility index (Phi) is 4.27. The molecule has 0 aliphatic carbocycles. The molecule has 2 heterocycles. The largest absolute Gasteiger partial charge is 0.485 e. The zero-order valence-corrected chi connectivity index (χ0v) is 16.2. The first-order chi connectivity index (χ1) is 12.8. The predicted molar refractivity (Wildman–Crippen MR) is 101 cm³/mol. The highest BCUT2D eigenvalue weighted by atomic mass is 32.2. The van der Waals surface area contributed by atoms with Crippen LogP contribution in [0, 0.1) is 0 Å². The number of carbonyl (C=O) groups is 1. The van der Waals surface area contributed by atoms with Gasteiger partial charge in [-0.1, -0.05) is 23.5 Å². The Labute approximate surface area is 159 Å². The van der Waals surface area contributed by atoms with Crippen molar-refractivity contribution >= 4 is 37.3 Å². The van der Waals surface area contributed by atoms with Crippen LogP contribution in [0.3, 0.4) is 0 Å². The lowest BCUT2D eigenvalue weighted by Crippen LogP contribution is -2.36. The topological polar surface area (TPSA) is 87.0 Å². The molecular weight excluding hydrogens is 388 g/mol. The minimum atomic E-state index is -3.30. The molecule has 2 aromatic carbocycles. The van der Waals surface area contributed by atoms with Crippen LogP contribution in [0.5, 0.6) is 11.5 Å². The van der Waals surface area contributed by atoms with Gasteiger partial charge in [0, 0.05) is 13.3 Å². The molecule has 0 bridgehead atoms. The van der Waals surface area contributed by atoms with Crippen molar-refractivity contribution in [2.45, 2.75) is 11.0 Å². The third kappa shape index (κ3) is 3.35. The van der Waals surface area contributed by atoms with Crippen molar-refractivity contribution in [1.29, 1.82) is 0 Å². The molecule has 4 rings (SSSR count). The van der Waals surface area contributed by atoms with Crippen LogP contribution in [0.2, 0.25) is 0 Å². The summed E-state index contributed by atoms with van der Waals surface area (Å²) < 4.78 is 37.2. The molecule has 7 nitrogen and oxygen atoms in total. The summed E-state index contributed by atoms with van der Waals surface area (Å²) in [6, 6.07) is 12.0. The number of hydrogen-bond acceptors (Lipinski definition) is 6. The quantitative estimate of drug-likeness (QED) is 0.651. The zero-order chi connectivity index (χ0) is 19.2. The minimum Gasteiger partial charge on any atom is -0.485 e. The van der Waals surface area contributed by atoms with Gasteiger partial charge in [0.2, 0.25) is 6.10 Å². The van der Waals surface area contributed by atoms with E-state index in [1.807, 2.05) is 6.07 Å². The molecular formula is C18H16N2O5S2. The molecule has 1 aliphatic heterocycles. The van der Waals surface area contributed by atoms with Gasteiger partial charge in [-0.25, -0.2) is 8.42 Å². The van der Waals surface area contributed by atoms with Gasteiger partial charge in [-0.15, -0.1) is 0 Å². The Bertz CT molecular complexity index is 1220. The Balaban J connectivity index is 1.68. The first-order valence-electron chi connectivity index (χ1n) is 8.09. The lowest BCUT2D eigenvalue weighted by atomic mass is 10.2. The Hall–Kier alpha value is -2.65. The van der Waals surface area contributed by atoms with E-state index >= 15 is 0 Å². The van der Waals surface area contributed by atoms with Gasteiger partial charge < -0.3 is 14.0 Å². The van der Waals surface area contributed by atoms with Gasteiger partial charge in [-0.2, -0.15) is 4.99 Å². The maximum absolute atomic E-state index is 12.6. The van der Waals surface area contributed by atoms with Gasteiger partial charge in [0.1, 0.15) is 6.61 Å². The SMILES string of the molecule is Cn1c(=NC(=O)[C@H]2COc3ccccc3O2)sc2cc(S(C)(=O)=O)ccc21. The van der Waals surface area contributed by atoms with E-state index in [1.165, 1.54) is 11.3 Å². The van der Waals surface area contributed by atoms with Crippen LogP contribution in [0.25, 0.3) is 10.2 Å². The van der Waals surface area contributed by atoms with Gasteiger partial charge >= 0.3 is 0 Å². The number of rotatable bonds is 2. The molecule has 140 valence electrons. The average Bonchev–Trinajstić information content (AvgIpc) is 2.95. The number of nitrogens with zero attached hydrogens (tertiary/aromatic N) is 2. The van der Waals surface area contributed by atoms with Gasteiger partial charge in [0.25, 0.3) is 5.91 Å². The number of sulfone groups is 1. The molecule has 3 aromatic rings. The summed E-state index contributed by atoms with van der Waals surface area (Å²) >= 11 is 1.25. The zero-order valence-electron chi connectivity index (χ0n) is 14.6. The molecule has 1 atom stereocenters. The number of hydrogen-bond donors (Lipinski definition) is 0. The molecule has 1 aliphatic rings. The number of aromatic nitrogens is 1. The lowest BCUT2D eigenvalue weighted by molar-refractivity contribution is -0.127. The monoisotopic (exact) mass is 404 g/mol. The number of fused-ring (bicyclic) bond motifs is 2. The fourth-order valence-corrected chi connectivity index (χ4v) is 4.54. The fourth-order valence-electron chi connectivity index (χ4n) is 2.76. The normalized spacial score (nSPS) is 17.3. The predicted octanol–water partition coefficient (Wildman–Crippen LogP) is 1.91. The molecule has 0 saturated carbocycles. The van der Waals surface area contributed by atoms with Gasteiger partial charge in [0.05, 0.1) is 15.1 Å². The number of para-hydroxylation sites is 2. The van der Waals surface area contributed by atoms with Crippen LogP contribution in [0.1, 0.15) is 0 Å². The Morgan fingerprint density at radius 2 is 1.96 bits per heavy atom. The number of amides is 1. The maximum Gasteiger partial charge on any atom is 0.292 e. The standard InChI is InChI=1S/C18H16N2O5S2/c1-20-12-8-7-11(27(2,22)23)9-16(12)26-18(20)19-17(21)15-10-24-13-5-3-4-6-14(13)25-15/h3-9,15H,10H2,1-2H3/t15-/m1/s1. The third-order valence-electron chi connectivity index (χ3n) is 4.20. The summed E-state index contributed by atoms with van der Waals surface area (Å²) in [6.45, 7) is 0.0895. The minimum absolute atomic E-state index is 0.0895. The first-order valence-corrected chi connectivity index (χ1v) is 10.8. The summed E-state index contributed by atoms with van der Waals surface area (Å²) in [5.41, 5.74) is 0.796. The van der Waals surface area contributed by atoms with E-state index in [-0.39, 0.29) is 11.5 Å². The van der Waals surface area contributed by atoms with E-state index in [4.69, 9.17) is 9.47 Å². The lowest BCUT2D eigenvalue weighted by Gasteiger charge is -2.23. The molecule has 27 heavy (non-hydrogen) atoms. The van der Waals surface area contributed by atoms with Crippen molar-refractivity contribution in [1.82, 2.24) is 4.57 Å². The fraction of sp³-hybridized carbons (Fsp3) is 0.222. The number of thiazole rings is 1. The van der Waals surface area contributed by atoms with Crippen LogP contribution in [0.15, 0.2) is 52.4 Å². The van der Waals surface area contributed by atoms with Crippen LogP contribution in [0.4, 0.5) is 0 Å². The summed E-state index contributed by atoms with van der Waals surface area (Å²) in [4.78, 5) is 17.4. The van der Waals surface area contributed by atoms with Crippen molar-refractivity contribution < 1.29 is 22.7 Å². The van der Waals surface area contributed by atoms with E-state index in [1.54, 1.807) is 48.0 Å². The molecule has 1 amide bonds. The molecule has 0 saturated heterocycles. The van der Waals surface area contributed by atoms with Crippen LogP contribution < -0.4 is 14.3 Å². The highest BCUT2D eigenvalue weighted by Gasteiger charge is 2.27. The second-order valence-corrected chi connectivity index (χ2v) is 9.18. The number of ether oxygens (including phenoxy) is 2. The van der Waals surface area contributed by atoms with Crippen LogP contribution in [-0.4, -0.2) is 37.9 Å². The van der Waals surface area contributed by atoms with Gasteiger partial charge in [-0.05, 0) is 30.3 Å². The number of carbonyl (C=O) groups excluding carboxylic acids is 1. The number of aryl methyl sites for hydroxylation is 1. The third-order valence-corrected chi connectivity index (χ3v) is 6.40. The van der Waals surface area contributed by atoms with Crippen LogP contribution >= 0.6 is 11.3 Å². The van der Waals surface area contributed by atoms with E-state index < -0.39 is 21.8 Å². The Morgan fingerprint density at radius 1 is 1.22 bits per heavy atom. The molecule has 1 aromatic heterocycles. The van der Waals surface area contributed by atoms with Crippen molar-refractivity contribution in [2.75, 3.05) is 12.9 Å². The van der Waals surface area contributed by atoms with E-state index in [0.717, 1.165) is 16.5 Å². The van der Waals surface area contributed by atoms with Gasteiger partial charge in [-0.3, -0.25) is 4.79 Å². The van der Waals surface area contributed by atoms with Crippen LogP contribution in [-0.2, 0) is 21.7 Å². The maximum atomic E-state index is 12.6. The van der Waals surface area contributed by atoms with Crippen molar-refractivity contribution in [2.24, 2.45) is 12.0 Å². The van der Waals surface area contributed by atoms with E-state index in [2.05, 4.69) is 4.99 Å². The molecule has 0 radical (unpaired) electrons. The molecule has 9 heteroatoms.